The van der Waals surface area contributed by atoms with Gasteiger partial charge in [0.2, 0.25) is 0 Å². The van der Waals surface area contributed by atoms with Gasteiger partial charge < -0.3 is 4.90 Å². The average molecular weight is 862 g/mol. The molecule has 0 radical (unpaired) electrons. The second-order valence-electron chi connectivity index (χ2n) is 19.2. The van der Waals surface area contributed by atoms with Crippen LogP contribution in [0.25, 0.3) is 86.6 Å². The monoisotopic (exact) mass is 861 g/mol. The van der Waals surface area contributed by atoms with Gasteiger partial charge in [-0.2, -0.15) is 0 Å². The van der Waals surface area contributed by atoms with Crippen molar-refractivity contribution in [2.45, 2.75) is 38.5 Å². The number of hydrogen-bond acceptors (Lipinski definition) is 2. The highest BCUT2D eigenvalue weighted by Crippen LogP contribution is 2.55. The van der Waals surface area contributed by atoms with E-state index in [0.29, 0.717) is 0 Å². The van der Waals surface area contributed by atoms with Gasteiger partial charge in [0.25, 0.3) is 0 Å². The van der Waals surface area contributed by atoms with Crippen molar-refractivity contribution < 1.29 is 0 Å². The molecular formula is C64H47NS. The van der Waals surface area contributed by atoms with Crippen LogP contribution in [0.1, 0.15) is 49.9 Å². The lowest BCUT2D eigenvalue weighted by Crippen LogP contribution is -2.16. The zero-order valence-electron chi connectivity index (χ0n) is 37.6. The summed E-state index contributed by atoms with van der Waals surface area (Å²) in [5.74, 6) is 0. The molecular weight excluding hydrogens is 815 g/mol. The highest BCUT2D eigenvalue weighted by Gasteiger charge is 2.38. The number of hydrogen-bond donors (Lipinski definition) is 0. The summed E-state index contributed by atoms with van der Waals surface area (Å²) in [6.07, 6.45) is 0. The quantitative estimate of drug-likeness (QED) is 0.161. The largest absolute Gasteiger partial charge is 0.309 e. The maximum absolute atomic E-state index is 2.52. The first kappa shape index (κ1) is 38.9. The third-order valence-electron chi connectivity index (χ3n) is 14.9. The number of rotatable bonds is 6. The molecule has 0 fully saturated rings. The Hall–Kier alpha value is -7.52. The van der Waals surface area contributed by atoms with Gasteiger partial charge in [0.05, 0.1) is 11.4 Å². The predicted molar refractivity (Wildman–Crippen MR) is 283 cm³/mol. The number of para-hydroxylation sites is 1. The summed E-state index contributed by atoms with van der Waals surface area (Å²) >= 11 is 1.90. The molecule has 0 N–H and O–H groups in total. The summed E-state index contributed by atoms with van der Waals surface area (Å²) in [5.41, 5.74) is 21.5. The highest BCUT2D eigenvalue weighted by molar-refractivity contribution is 7.26. The van der Waals surface area contributed by atoms with E-state index in [0.717, 1.165) is 11.4 Å². The maximum atomic E-state index is 2.52. The molecule has 0 saturated heterocycles. The highest BCUT2D eigenvalue weighted by atomic mass is 32.1. The lowest BCUT2D eigenvalue weighted by Gasteiger charge is -2.29. The molecule has 10 aromatic carbocycles. The molecule has 0 aliphatic heterocycles. The van der Waals surface area contributed by atoms with Crippen LogP contribution in [0.3, 0.4) is 0 Å². The van der Waals surface area contributed by atoms with Gasteiger partial charge in [-0.1, -0.05) is 204 Å². The average Bonchev–Trinajstić information content (AvgIpc) is 3.95. The lowest BCUT2D eigenvalue weighted by molar-refractivity contribution is 0.660. The smallest absolute Gasteiger partial charge is 0.0555 e. The number of anilines is 3. The van der Waals surface area contributed by atoms with Crippen LogP contribution in [0.15, 0.2) is 212 Å². The minimum atomic E-state index is -0.120. The normalized spacial score (nSPS) is 14.0. The van der Waals surface area contributed by atoms with Crippen molar-refractivity contribution in [3.63, 3.8) is 0 Å². The standard InChI is InChI=1S/C64H47NS/c1-63(2)54-26-12-9-22-48(54)50-37-34-42(39-56(50)63)45-19-11-14-28-57(45)65(58-29-16-30-59-60(58)53-38-33-40-17-5-6-20-46(40)62(53)66-59)43-35-31-41(32-36-43)44-18-7-8-21-47(44)51-24-15-25-52-49-23-10-13-27-55(49)64(3,4)61(51)52/h5-39H,1-4H3. The Morgan fingerprint density at radius 2 is 0.924 bits per heavy atom. The van der Waals surface area contributed by atoms with E-state index in [2.05, 4.69) is 245 Å². The van der Waals surface area contributed by atoms with Gasteiger partial charge in [-0.3, -0.25) is 0 Å². The summed E-state index contributed by atoms with van der Waals surface area (Å²) in [7, 11) is 0. The second-order valence-corrected chi connectivity index (χ2v) is 20.2. The summed E-state index contributed by atoms with van der Waals surface area (Å²) < 4.78 is 2.61. The third-order valence-corrected chi connectivity index (χ3v) is 16.1. The minimum Gasteiger partial charge on any atom is -0.309 e. The van der Waals surface area contributed by atoms with Crippen molar-refractivity contribution >= 4 is 59.3 Å². The molecule has 11 aromatic rings. The van der Waals surface area contributed by atoms with Gasteiger partial charge in [0.1, 0.15) is 0 Å². The number of fused-ring (bicyclic) bond motifs is 11. The second kappa shape index (κ2) is 14.5. The molecule has 0 unspecified atom stereocenters. The molecule has 1 aromatic heterocycles. The van der Waals surface area contributed by atoms with Gasteiger partial charge in [-0.05, 0) is 119 Å². The number of nitrogens with zero attached hydrogens (tertiary/aromatic N) is 1. The van der Waals surface area contributed by atoms with E-state index in [1.807, 2.05) is 11.3 Å². The zero-order chi connectivity index (χ0) is 44.3. The van der Waals surface area contributed by atoms with Crippen LogP contribution in [0.4, 0.5) is 17.1 Å². The molecule has 2 aliphatic carbocycles. The van der Waals surface area contributed by atoms with Gasteiger partial charge in [0, 0.05) is 42.3 Å². The molecule has 0 atom stereocenters. The fraction of sp³-hybridized carbons (Fsp3) is 0.0938. The first-order valence-electron chi connectivity index (χ1n) is 23.2. The number of benzene rings is 10. The Balaban J connectivity index is 0.995. The third kappa shape index (κ3) is 5.65. The van der Waals surface area contributed by atoms with E-state index in [1.165, 1.54) is 115 Å². The Labute approximate surface area is 390 Å². The van der Waals surface area contributed by atoms with Crippen molar-refractivity contribution in [2.75, 3.05) is 4.90 Å². The molecule has 1 heterocycles. The van der Waals surface area contributed by atoms with E-state index >= 15 is 0 Å². The molecule has 13 rings (SSSR count). The summed E-state index contributed by atoms with van der Waals surface area (Å²) in [6, 6.07) is 79.5. The van der Waals surface area contributed by atoms with E-state index in [9.17, 15) is 0 Å². The van der Waals surface area contributed by atoms with Crippen molar-refractivity contribution in [1.82, 2.24) is 0 Å². The predicted octanol–water partition coefficient (Wildman–Crippen LogP) is 18.3. The van der Waals surface area contributed by atoms with Crippen LogP contribution in [-0.2, 0) is 10.8 Å². The fourth-order valence-corrected chi connectivity index (χ4v) is 13.0. The van der Waals surface area contributed by atoms with Crippen LogP contribution in [0.5, 0.6) is 0 Å². The van der Waals surface area contributed by atoms with Crippen molar-refractivity contribution in [3.05, 3.63) is 235 Å². The Morgan fingerprint density at radius 3 is 1.71 bits per heavy atom. The topological polar surface area (TPSA) is 3.24 Å². The van der Waals surface area contributed by atoms with Crippen molar-refractivity contribution in [3.8, 4) is 55.6 Å². The van der Waals surface area contributed by atoms with Crippen LogP contribution in [0.2, 0.25) is 0 Å². The molecule has 66 heavy (non-hydrogen) atoms. The Bertz CT molecular complexity index is 3770. The van der Waals surface area contributed by atoms with E-state index in [4.69, 9.17) is 0 Å². The van der Waals surface area contributed by atoms with Crippen LogP contribution in [-0.4, -0.2) is 0 Å². The van der Waals surface area contributed by atoms with Crippen molar-refractivity contribution in [2.24, 2.45) is 0 Å². The van der Waals surface area contributed by atoms with Gasteiger partial charge in [-0.15, -0.1) is 11.3 Å². The van der Waals surface area contributed by atoms with Gasteiger partial charge in [0.15, 0.2) is 0 Å². The maximum Gasteiger partial charge on any atom is 0.0555 e. The number of thiophene rings is 1. The molecule has 1 nitrogen and oxygen atoms in total. The molecule has 2 heteroatoms. The SMILES string of the molecule is CC1(C)c2ccccc2-c2ccc(-c3ccccc3N(c3ccc(-c4ccccc4-c4cccc5c4C(C)(C)c4ccccc4-5)cc3)c3cccc4sc5c6ccccc6ccc5c34)cc21. The lowest BCUT2D eigenvalue weighted by atomic mass is 9.78. The minimum absolute atomic E-state index is 0.105. The van der Waals surface area contributed by atoms with E-state index in [1.54, 1.807) is 0 Å². The summed E-state index contributed by atoms with van der Waals surface area (Å²) in [5, 5.41) is 5.14. The summed E-state index contributed by atoms with van der Waals surface area (Å²) in [6.45, 7) is 9.51. The van der Waals surface area contributed by atoms with Crippen LogP contribution in [0, 0.1) is 0 Å². The van der Waals surface area contributed by atoms with Crippen molar-refractivity contribution in [1.29, 1.82) is 0 Å². The van der Waals surface area contributed by atoms with E-state index < -0.39 is 0 Å². The van der Waals surface area contributed by atoms with Gasteiger partial charge in [-0.25, -0.2) is 0 Å². The Kier molecular flexibility index (Phi) is 8.54. The zero-order valence-corrected chi connectivity index (χ0v) is 38.4. The summed E-state index contributed by atoms with van der Waals surface area (Å²) in [4.78, 5) is 2.52. The molecule has 314 valence electrons. The molecule has 2 aliphatic rings. The van der Waals surface area contributed by atoms with Crippen LogP contribution < -0.4 is 4.90 Å². The Morgan fingerprint density at radius 1 is 0.364 bits per heavy atom. The van der Waals surface area contributed by atoms with E-state index in [-0.39, 0.29) is 10.8 Å². The molecule has 0 spiro atoms. The van der Waals surface area contributed by atoms with Gasteiger partial charge >= 0.3 is 0 Å². The van der Waals surface area contributed by atoms with Crippen LogP contribution >= 0.6 is 11.3 Å². The first-order chi connectivity index (χ1) is 32.3. The molecule has 0 saturated carbocycles. The fourth-order valence-electron chi connectivity index (χ4n) is 11.7. The first-order valence-corrected chi connectivity index (χ1v) is 24.0. The molecule has 0 bridgehead atoms. The molecule has 0 amide bonds.